The molecule has 0 unspecified atom stereocenters. The summed E-state index contributed by atoms with van der Waals surface area (Å²) in [4.78, 5) is 25.0. The lowest BCUT2D eigenvalue weighted by Gasteiger charge is -2.56. The highest BCUT2D eigenvalue weighted by Gasteiger charge is 2.51. The van der Waals surface area contributed by atoms with E-state index >= 15 is 0 Å². The van der Waals surface area contributed by atoms with Crippen LogP contribution in [-0.4, -0.2) is 24.0 Å². The van der Waals surface area contributed by atoms with Gasteiger partial charge in [0.25, 0.3) is 5.91 Å². The van der Waals surface area contributed by atoms with Crippen LogP contribution in [0.2, 0.25) is 0 Å². The van der Waals surface area contributed by atoms with E-state index in [-0.39, 0.29) is 18.1 Å². The number of ether oxygens (including phenoxy) is 1. The van der Waals surface area contributed by atoms with Crippen LogP contribution in [0.25, 0.3) is 6.08 Å². The van der Waals surface area contributed by atoms with Crippen LogP contribution in [0.5, 0.6) is 0 Å². The number of nitrogens with one attached hydrogen (secondary N) is 1. The molecule has 4 fully saturated rings. The number of rotatable bonds is 5. The largest absolute Gasteiger partial charge is 0.452 e. The van der Waals surface area contributed by atoms with Crippen molar-refractivity contribution in [3.8, 4) is 0 Å². The van der Waals surface area contributed by atoms with Crippen LogP contribution in [-0.2, 0) is 14.3 Å². The molecule has 1 aromatic heterocycles. The summed E-state index contributed by atoms with van der Waals surface area (Å²) in [5.41, 5.74) is -0.0228. The minimum Gasteiger partial charge on any atom is -0.452 e. The van der Waals surface area contributed by atoms with Crippen LogP contribution in [0.15, 0.2) is 23.6 Å². The van der Waals surface area contributed by atoms with Crippen LogP contribution in [0.3, 0.4) is 0 Å². The molecule has 1 amide bonds. The molecule has 128 valence electrons. The van der Waals surface area contributed by atoms with Crippen LogP contribution in [0.1, 0.15) is 43.4 Å². The molecule has 5 heteroatoms. The second-order valence-electron chi connectivity index (χ2n) is 7.70. The van der Waals surface area contributed by atoms with E-state index in [1.54, 1.807) is 17.4 Å². The molecule has 0 spiro atoms. The number of esters is 1. The predicted octanol–water partition coefficient (Wildman–Crippen LogP) is 3.39. The Hall–Kier alpha value is -1.62. The minimum atomic E-state index is -0.468. The lowest BCUT2D eigenvalue weighted by molar-refractivity contribution is -0.145. The fraction of sp³-hybridized carbons (Fsp3) is 0.579. The van der Waals surface area contributed by atoms with Crippen LogP contribution < -0.4 is 5.32 Å². The zero-order valence-corrected chi connectivity index (χ0v) is 14.5. The summed E-state index contributed by atoms with van der Waals surface area (Å²) in [6, 6.07) is 3.85. The van der Waals surface area contributed by atoms with Gasteiger partial charge in [-0.15, -0.1) is 11.3 Å². The second kappa shape index (κ2) is 6.36. The Morgan fingerprint density at radius 3 is 2.46 bits per heavy atom. The van der Waals surface area contributed by atoms with E-state index in [4.69, 9.17) is 4.74 Å². The highest BCUT2D eigenvalue weighted by atomic mass is 32.1. The summed E-state index contributed by atoms with van der Waals surface area (Å²) >= 11 is 1.55. The summed E-state index contributed by atoms with van der Waals surface area (Å²) in [6.45, 7) is -0.185. The maximum absolute atomic E-state index is 12.3. The zero-order chi connectivity index (χ0) is 16.6. The van der Waals surface area contributed by atoms with E-state index in [0.29, 0.717) is 0 Å². The third-order valence-electron chi connectivity index (χ3n) is 5.72. The minimum absolute atomic E-state index is 0.0228. The Bertz CT molecular complexity index is 614. The van der Waals surface area contributed by atoms with E-state index in [1.165, 1.54) is 25.3 Å². The van der Waals surface area contributed by atoms with Gasteiger partial charge in [0.1, 0.15) is 0 Å². The third-order valence-corrected chi connectivity index (χ3v) is 6.55. The Labute approximate surface area is 146 Å². The topological polar surface area (TPSA) is 55.4 Å². The molecule has 24 heavy (non-hydrogen) atoms. The van der Waals surface area contributed by atoms with Gasteiger partial charge >= 0.3 is 5.97 Å². The first-order chi connectivity index (χ1) is 11.6. The van der Waals surface area contributed by atoms with Crippen molar-refractivity contribution < 1.29 is 14.3 Å². The molecule has 1 heterocycles. The second-order valence-corrected chi connectivity index (χ2v) is 8.68. The van der Waals surface area contributed by atoms with E-state index in [1.807, 2.05) is 17.5 Å². The summed E-state index contributed by atoms with van der Waals surface area (Å²) in [5, 5.41) is 5.16. The fourth-order valence-electron chi connectivity index (χ4n) is 5.32. The Morgan fingerprint density at radius 2 is 1.88 bits per heavy atom. The molecule has 4 aliphatic carbocycles. The lowest BCUT2D eigenvalue weighted by Crippen LogP contribution is -2.60. The van der Waals surface area contributed by atoms with Crippen molar-refractivity contribution in [3.05, 3.63) is 28.5 Å². The number of thiophene rings is 1. The lowest BCUT2D eigenvalue weighted by atomic mass is 9.53. The molecule has 0 atom stereocenters. The van der Waals surface area contributed by atoms with Gasteiger partial charge < -0.3 is 10.1 Å². The zero-order valence-electron chi connectivity index (χ0n) is 13.7. The van der Waals surface area contributed by atoms with Crippen molar-refractivity contribution in [2.45, 2.75) is 44.1 Å². The van der Waals surface area contributed by atoms with Gasteiger partial charge in [0, 0.05) is 16.5 Å². The molecule has 1 N–H and O–H groups in total. The summed E-state index contributed by atoms with van der Waals surface area (Å²) in [5.74, 6) is 1.73. The SMILES string of the molecule is O=C(COC(=O)/C=C/c1cccs1)NC12CC3CC(CC(C3)C1)C2. The summed E-state index contributed by atoms with van der Waals surface area (Å²) in [7, 11) is 0. The van der Waals surface area contributed by atoms with Gasteiger partial charge in [-0.05, 0) is 73.8 Å². The third kappa shape index (κ3) is 3.41. The van der Waals surface area contributed by atoms with Crippen LogP contribution in [0.4, 0.5) is 0 Å². The van der Waals surface area contributed by atoms with Gasteiger partial charge in [-0.1, -0.05) is 6.07 Å². The van der Waals surface area contributed by atoms with Gasteiger partial charge in [-0.3, -0.25) is 4.79 Å². The first kappa shape index (κ1) is 15.9. The number of hydrogen-bond acceptors (Lipinski definition) is 4. The predicted molar refractivity (Wildman–Crippen MR) is 93.4 cm³/mol. The fourth-order valence-corrected chi connectivity index (χ4v) is 5.93. The molecule has 5 rings (SSSR count). The molecule has 0 aromatic carbocycles. The van der Waals surface area contributed by atoms with Crippen molar-refractivity contribution >= 4 is 29.3 Å². The maximum atomic E-state index is 12.3. The van der Waals surface area contributed by atoms with Gasteiger partial charge in [-0.25, -0.2) is 4.79 Å². The molecule has 4 nitrogen and oxygen atoms in total. The molecule has 0 radical (unpaired) electrons. The molecular weight excluding hydrogens is 322 g/mol. The Kier molecular flexibility index (Phi) is 4.21. The molecular formula is C19H23NO3S. The number of carbonyl (C=O) groups excluding carboxylic acids is 2. The number of hydrogen-bond donors (Lipinski definition) is 1. The van der Waals surface area contributed by atoms with Crippen molar-refractivity contribution in [1.82, 2.24) is 5.32 Å². The number of carbonyl (C=O) groups is 2. The molecule has 4 aliphatic rings. The monoisotopic (exact) mass is 345 g/mol. The molecule has 4 saturated carbocycles. The quantitative estimate of drug-likeness (QED) is 0.657. The highest BCUT2D eigenvalue weighted by molar-refractivity contribution is 7.10. The van der Waals surface area contributed by atoms with Crippen molar-refractivity contribution in [3.63, 3.8) is 0 Å². The van der Waals surface area contributed by atoms with Crippen molar-refractivity contribution in [2.24, 2.45) is 17.8 Å². The maximum Gasteiger partial charge on any atom is 0.331 e. The van der Waals surface area contributed by atoms with Crippen molar-refractivity contribution in [2.75, 3.05) is 6.61 Å². The van der Waals surface area contributed by atoms with Gasteiger partial charge in [-0.2, -0.15) is 0 Å². The Morgan fingerprint density at radius 1 is 1.21 bits per heavy atom. The summed E-state index contributed by atoms with van der Waals surface area (Å²) in [6.07, 6.45) is 10.4. The molecule has 0 aliphatic heterocycles. The normalized spacial score (nSPS) is 33.8. The molecule has 4 bridgehead atoms. The van der Waals surface area contributed by atoms with E-state index < -0.39 is 5.97 Å². The highest BCUT2D eigenvalue weighted by Crippen LogP contribution is 2.55. The first-order valence-corrected chi connectivity index (χ1v) is 9.68. The molecule has 0 saturated heterocycles. The summed E-state index contributed by atoms with van der Waals surface area (Å²) < 4.78 is 5.08. The average molecular weight is 345 g/mol. The van der Waals surface area contributed by atoms with E-state index in [9.17, 15) is 9.59 Å². The van der Waals surface area contributed by atoms with Crippen LogP contribution in [0, 0.1) is 17.8 Å². The van der Waals surface area contributed by atoms with Crippen molar-refractivity contribution in [1.29, 1.82) is 0 Å². The Balaban J connectivity index is 1.27. The smallest absolute Gasteiger partial charge is 0.331 e. The van der Waals surface area contributed by atoms with E-state index in [0.717, 1.165) is 41.9 Å². The molecule has 1 aromatic rings. The van der Waals surface area contributed by atoms with Gasteiger partial charge in [0.05, 0.1) is 0 Å². The first-order valence-electron chi connectivity index (χ1n) is 8.80. The van der Waals surface area contributed by atoms with Gasteiger partial charge in [0.2, 0.25) is 0 Å². The number of amides is 1. The van der Waals surface area contributed by atoms with Gasteiger partial charge in [0.15, 0.2) is 6.61 Å². The standard InChI is InChI=1S/C19H23NO3S/c21-17(12-23-18(22)4-3-16-2-1-5-24-16)20-19-9-13-6-14(10-19)8-15(7-13)11-19/h1-5,13-15H,6-12H2,(H,20,21)/b4-3+. The average Bonchev–Trinajstić information content (AvgIpc) is 3.02. The van der Waals surface area contributed by atoms with Crippen LogP contribution >= 0.6 is 11.3 Å². The van der Waals surface area contributed by atoms with E-state index in [2.05, 4.69) is 5.32 Å².